The zero-order valence-electron chi connectivity index (χ0n) is 10.1. The molecule has 0 aromatic carbocycles. The molecule has 0 aliphatic carbocycles. The molecule has 0 spiro atoms. The molecule has 0 bridgehead atoms. The summed E-state index contributed by atoms with van der Waals surface area (Å²) in [6, 6.07) is 0. The number of ether oxygens (including phenoxy) is 1. The molecule has 1 saturated heterocycles. The third-order valence-corrected chi connectivity index (χ3v) is 2.73. The molecule has 0 saturated carbocycles. The van der Waals surface area contributed by atoms with Gasteiger partial charge in [-0.15, -0.1) is 0 Å². The number of aliphatic hydroxyl groups is 1. The molecule has 1 aliphatic rings. The van der Waals surface area contributed by atoms with E-state index in [1.807, 2.05) is 11.8 Å². The van der Waals surface area contributed by atoms with Crippen LogP contribution in [0.15, 0.2) is 0 Å². The van der Waals surface area contributed by atoms with Crippen molar-refractivity contribution in [3.05, 3.63) is 5.28 Å². The topological polar surface area (TPSA) is 83.4 Å². The molecule has 1 aromatic rings. The van der Waals surface area contributed by atoms with Gasteiger partial charge in [0, 0.05) is 19.6 Å². The minimum atomic E-state index is -0.211. The maximum atomic E-state index is 9.11. The number of halogens is 1. The standard InChI is InChI=1S/C10H16ClN5O2/c1-2-12-9-13-8(11)14-10(15-9)16-3-4-18-7(5-16)6-17/h7,17H,2-6H2,1H3,(H,12,13,14,15). The van der Waals surface area contributed by atoms with Crippen molar-refractivity contribution >= 4 is 23.5 Å². The molecule has 100 valence electrons. The number of nitrogens with zero attached hydrogens (tertiary/aromatic N) is 4. The summed E-state index contributed by atoms with van der Waals surface area (Å²) in [5.41, 5.74) is 0. The summed E-state index contributed by atoms with van der Waals surface area (Å²) in [6.07, 6.45) is -0.211. The predicted octanol–water partition coefficient (Wildman–Crippen LogP) is 0.154. The van der Waals surface area contributed by atoms with E-state index in [0.717, 1.165) is 0 Å². The van der Waals surface area contributed by atoms with Crippen LogP contribution in [0.4, 0.5) is 11.9 Å². The Labute approximate surface area is 110 Å². The Balaban J connectivity index is 2.16. The number of anilines is 2. The first kappa shape index (κ1) is 13.3. The number of hydrogen-bond donors (Lipinski definition) is 2. The van der Waals surface area contributed by atoms with Crippen molar-refractivity contribution in [3.63, 3.8) is 0 Å². The van der Waals surface area contributed by atoms with Gasteiger partial charge in [0.05, 0.1) is 19.3 Å². The lowest BCUT2D eigenvalue weighted by atomic mass is 10.3. The summed E-state index contributed by atoms with van der Waals surface area (Å²) in [5, 5.41) is 12.3. The first-order valence-corrected chi connectivity index (χ1v) is 6.23. The van der Waals surface area contributed by atoms with Crippen molar-refractivity contribution in [2.24, 2.45) is 0 Å². The van der Waals surface area contributed by atoms with Crippen LogP contribution in [0.25, 0.3) is 0 Å². The minimum absolute atomic E-state index is 0.0185. The lowest BCUT2D eigenvalue weighted by Gasteiger charge is -2.32. The average Bonchev–Trinajstić information content (AvgIpc) is 2.38. The molecule has 18 heavy (non-hydrogen) atoms. The number of rotatable bonds is 4. The van der Waals surface area contributed by atoms with Crippen molar-refractivity contribution in [1.29, 1.82) is 0 Å². The molecule has 7 nitrogen and oxygen atoms in total. The first-order chi connectivity index (χ1) is 8.72. The molecule has 2 N–H and O–H groups in total. The second-order valence-corrected chi connectivity index (χ2v) is 4.22. The highest BCUT2D eigenvalue weighted by molar-refractivity contribution is 6.28. The zero-order chi connectivity index (χ0) is 13.0. The SMILES string of the molecule is CCNc1nc(Cl)nc(N2CCOC(CO)C2)n1. The molecule has 2 rings (SSSR count). The maximum absolute atomic E-state index is 9.11. The van der Waals surface area contributed by atoms with Gasteiger partial charge in [-0.1, -0.05) is 0 Å². The van der Waals surface area contributed by atoms with E-state index in [2.05, 4.69) is 20.3 Å². The van der Waals surface area contributed by atoms with Crippen LogP contribution in [-0.4, -0.2) is 59.0 Å². The van der Waals surface area contributed by atoms with Crippen LogP contribution in [0.2, 0.25) is 5.28 Å². The van der Waals surface area contributed by atoms with Crippen molar-refractivity contribution in [2.75, 3.05) is 43.1 Å². The van der Waals surface area contributed by atoms with Gasteiger partial charge in [-0.25, -0.2) is 0 Å². The van der Waals surface area contributed by atoms with E-state index in [0.29, 0.717) is 38.1 Å². The molecular formula is C10H16ClN5O2. The first-order valence-electron chi connectivity index (χ1n) is 5.85. The normalized spacial score (nSPS) is 19.9. The van der Waals surface area contributed by atoms with Gasteiger partial charge in [0.2, 0.25) is 17.2 Å². The summed E-state index contributed by atoms with van der Waals surface area (Å²) in [6.45, 7) is 4.39. The van der Waals surface area contributed by atoms with E-state index in [4.69, 9.17) is 21.4 Å². The summed E-state index contributed by atoms with van der Waals surface area (Å²) in [4.78, 5) is 14.3. The zero-order valence-corrected chi connectivity index (χ0v) is 10.9. The number of aliphatic hydroxyl groups excluding tert-OH is 1. The third-order valence-electron chi connectivity index (χ3n) is 2.56. The molecule has 0 radical (unpaired) electrons. The number of aromatic nitrogens is 3. The summed E-state index contributed by atoms with van der Waals surface area (Å²) < 4.78 is 5.38. The van der Waals surface area contributed by atoms with Gasteiger partial charge in [-0.05, 0) is 18.5 Å². The van der Waals surface area contributed by atoms with E-state index in [1.54, 1.807) is 0 Å². The molecule has 2 heterocycles. The lowest BCUT2D eigenvalue weighted by Crippen LogP contribution is -2.45. The fourth-order valence-electron chi connectivity index (χ4n) is 1.73. The smallest absolute Gasteiger partial charge is 0.231 e. The monoisotopic (exact) mass is 273 g/mol. The highest BCUT2D eigenvalue weighted by Gasteiger charge is 2.22. The van der Waals surface area contributed by atoms with Crippen LogP contribution in [0.1, 0.15) is 6.92 Å². The molecule has 1 fully saturated rings. The molecule has 8 heteroatoms. The molecule has 1 aromatic heterocycles. The van der Waals surface area contributed by atoms with Crippen LogP contribution in [0.5, 0.6) is 0 Å². The van der Waals surface area contributed by atoms with Crippen molar-refractivity contribution in [2.45, 2.75) is 13.0 Å². The van der Waals surface area contributed by atoms with Gasteiger partial charge < -0.3 is 20.1 Å². The Kier molecular flexibility index (Phi) is 4.51. The van der Waals surface area contributed by atoms with Crippen LogP contribution in [0, 0.1) is 0 Å². The summed E-state index contributed by atoms with van der Waals surface area (Å²) >= 11 is 5.87. The van der Waals surface area contributed by atoms with Crippen LogP contribution < -0.4 is 10.2 Å². The van der Waals surface area contributed by atoms with E-state index in [9.17, 15) is 0 Å². The van der Waals surface area contributed by atoms with E-state index in [1.165, 1.54) is 0 Å². The Morgan fingerprint density at radius 2 is 2.33 bits per heavy atom. The van der Waals surface area contributed by atoms with Crippen LogP contribution in [0.3, 0.4) is 0 Å². The highest BCUT2D eigenvalue weighted by atomic mass is 35.5. The fraction of sp³-hybridized carbons (Fsp3) is 0.700. The quantitative estimate of drug-likeness (QED) is 0.808. The van der Waals surface area contributed by atoms with Crippen molar-refractivity contribution < 1.29 is 9.84 Å². The van der Waals surface area contributed by atoms with E-state index in [-0.39, 0.29) is 18.0 Å². The fourth-order valence-corrected chi connectivity index (χ4v) is 1.89. The average molecular weight is 274 g/mol. The van der Waals surface area contributed by atoms with Gasteiger partial charge in [0.1, 0.15) is 0 Å². The molecule has 1 unspecified atom stereocenters. The number of hydrogen-bond acceptors (Lipinski definition) is 7. The molecule has 0 amide bonds. The lowest BCUT2D eigenvalue weighted by molar-refractivity contribution is 0.00314. The van der Waals surface area contributed by atoms with Gasteiger partial charge in [-0.3, -0.25) is 0 Å². The van der Waals surface area contributed by atoms with Gasteiger partial charge in [0.15, 0.2) is 0 Å². The van der Waals surface area contributed by atoms with E-state index < -0.39 is 0 Å². The van der Waals surface area contributed by atoms with Crippen molar-refractivity contribution in [1.82, 2.24) is 15.0 Å². The Hall–Kier alpha value is -1.18. The van der Waals surface area contributed by atoms with Crippen molar-refractivity contribution in [3.8, 4) is 0 Å². The summed E-state index contributed by atoms with van der Waals surface area (Å²) in [7, 11) is 0. The highest BCUT2D eigenvalue weighted by Crippen LogP contribution is 2.16. The molecule has 1 atom stereocenters. The third kappa shape index (κ3) is 3.18. The molecule has 1 aliphatic heterocycles. The largest absolute Gasteiger partial charge is 0.394 e. The second kappa shape index (κ2) is 6.12. The molecular weight excluding hydrogens is 258 g/mol. The second-order valence-electron chi connectivity index (χ2n) is 3.88. The summed E-state index contributed by atoms with van der Waals surface area (Å²) in [5.74, 6) is 0.965. The van der Waals surface area contributed by atoms with Gasteiger partial charge >= 0.3 is 0 Å². The van der Waals surface area contributed by atoms with Gasteiger partial charge in [0.25, 0.3) is 0 Å². The predicted molar refractivity (Wildman–Crippen MR) is 68.0 cm³/mol. The maximum Gasteiger partial charge on any atom is 0.231 e. The number of nitrogens with one attached hydrogen (secondary N) is 1. The van der Waals surface area contributed by atoms with Gasteiger partial charge in [-0.2, -0.15) is 15.0 Å². The van der Waals surface area contributed by atoms with Crippen LogP contribution in [-0.2, 0) is 4.74 Å². The Morgan fingerprint density at radius 1 is 1.50 bits per heavy atom. The number of morpholine rings is 1. The van der Waals surface area contributed by atoms with E-state index >= 15 is 0 Å². The Bertz CT molecular complexity index is 406. The minimum Gasteiger partial charge on any atom is -0.394 e. The Morgan fingerprint density at radius 3 is 3.06 bits per heavy atom. The van der Waals surface area contributed by atoms with Crippen LogP contribution >= 0.6 is 11.6 Å².